The van der Waals surface area contributed by atoms with E-state index < -0.39 is 5.97 Å². The van der Waals surface area contributed by atoms with Crippen molar-refractivity contribution in [3.63, 3.8) is 0 Å². The fraction of sp³-hybridized carbons (Fsp3) is 0.875. The highest BCUT2D eigenvalue weighted by atomic mass is 16.4. The van der Waals surface area contributed by atoms with Gasteiger partial charge in [-0.2, -0.15) is 0 Å². The van der Waals surface area contributed by atoms with Gasteiger partial charge in [0.15, 0.2) is 0 Å². The average Bonchev–Trinajstić information content (AvgIpc) is 2.95. The number of nitrogens with zero attached hydrogens (tertiary/aromatic N) is 1. The summed E-state index contributed by atoms with van der Waals surface area (Å²) in [4.78, 5) is 25.6. The van der Waals surface area contributed by atoms with Gasteiger partial charge in [-0.15, -0.1) is 0 Å². The Kier molecular flexibility index (Phi) is 4.36. The Balaban J connectivity index is 1.56. The Morgan fingerprint density at radius 3 is 2.52 bits per heavy atom. The summed E-state index contributed by atoms with van der Waals surface area (Å²) in [5.74, 6) is -0.315. The van der Waals surface area contributed by atoms with Crippen LogP contribution in [0.2, 0.25) is 0 Å². The molecule has 3 rings (SSSR count). The van der Waals surface area contributed by atoms with Crippen molar-refractivity contribution in [2.45, 2.75) is 69.9 Å². The second-order valence-electron chi connectivity index (χ2n) is 6.94. The SMILES string of the molecule is O=C(O)[C@@H]1CC[C@H](NC(=O)N2CCCC3CCCCC32)C1. The topological polar surface area (TPSA) is 69.6 Å². The van der Waals surface area contributed by atoms with Gasteiger partial charge in [-0.05, 0) is 50.9 Å². The summed E-state index contributed by atoms with van der Waals surface area (Å²) in [7, 11) is 0. The van der Waals surface area contributed by atoms with Crippen molar-refractivity contribution in [2.24, 2.45) is 11.8 Å². The van der Waals surface area contributed by atoms with E-state index in [-0.39, 0.29) is 18.0 Å². The highest BCUT2D eigenvalue weighted by Gasteiger charge is 2.37. The molecule has 0 aromatic rings. The number of likely N-dealkylation sites (tertiary alicyclic amines) is 1. The van der Waals surface area contributed by atoms with E-state index in [4.69, 9.17) is 5.11 Å². The van der Waals surface area contributed by atoms with Gasteiger partial charge in [-0.1, -0.05) is 12.8 Å². The van der Waals surface area contributed by atoms with Gasteiger partial charge in [-0.3, -0.25) is 4.79 Å². The molecule has 1 heterocycles. The summed E-state index contributed by atoms with van der Waals surface area (Å²) in [5, 5.41) is 12.1. The second kappa shape index (κ2) is 6.24. The van der Waals surface area contributed by atoms with E-state index >= 15 is 0 Å². The molecule has 2 amide bonds. The molecule has 0 spiro atoms. The molecule has 0 aromatic carbocycles. The molecule has 2 unspecified atom stereocenters. The number of piperidine rings is 1. The fourth-order valence-corrected chi connectivity index (χ4v) is 4.47. The van der Waals surface area contributed by atoms with E-state index in [2.05, 4.69) is 5.32 Å². The number of urea groups is 1. The van der Waals surface area contributed by atoms with E-state index in [1.165, 1.54) is 25.7 Å². The van der Waals surface area contributed by atoms with Crippen molar-refractivity contribution < 1.29 is 14.7 Å². The molecule has 3 aliphatic rings. The molecule has 1 aliphatic heterocycles. The lowest BCUT2D eigenvalue weighted by atomic mass is 9.78. The monoisotopic (exact) mass is 294 g/mol. The fourth-order valence-electron chi connectivity index (χ4n) is 4.47. The number of amides is 2. The van der Waals surface area contributed by atoms with Crippen LogP contribution in [0.25, 0.3) is 0 Å². The van der Waals surface area contributed by atoms with Crippen LogP contribution in [0.15, 0.2) is 0 Å². The summed E-state index contributed by atoms with van der Waals surface area (Å²) < 4.78 is 0. The molecule has 3 fully saturated rings. The Morgan fingerprint density at radius 1 is 1.00 bits per heavy atom. The smallest absolute Gasteiger partial charge is 0.317 e. The second-order valence-corrected chi connectivity index (χ2v) is 6.94. The maximum absolute atomic E-state index is 12.6. The minimum atomic E-state index is -0.725. The molecule has 2 aliphatic carbocycles. The maximum Gasteiger partial charge on any atom is 0.317 e. The van der Waals surface area contributed by atoms with Gasteiger partial charge in [-0.25, -0.2) is 4.79 Å². The molecule has 0 radical (unpaired) electrons. The Hall–Kier alpha value is -1.26. The zero-order valence-corrected chi connectivity index (χ0v) is 12.6. The molecule has 2 saturated carbocycles. The van der Waals surface area contributed by atoms with Crippen LogP contribution in [0.4, 0.5) is 4.79 Å². The van der Waals surface area contributed by atoms with Crippen LogP contribution in [-0.4, -0.2) is 40.6 Å². The molecule has 4 atom stereocenters. The summed E-state index contributed by atoms with van der Waals surface area (Å²) >= 11 is 0. The average molecular weight is 294 g/mol. The van der Waals surface area contributed by atoms with Crippen LogP contribution in [-0.2, 0) is 4.79 Å². The normalized spacial score (nSPS) is 36.1. The van der Waals surface area contributed by atoms with Crippen LogP contribution < -0.4 is 5.32 Å². The van der Waals surface area contributed by atoms with Gasteiger partial charge < -0.3 is 15.3 Å². The van der Waals surface area contributed by atoms with Crippen LogP contribution >= 0.6 is 0 Å². The van der Waals surface area contributed by atoms with E-state index in [9.17, 15) is 9.59 Å². The van der Waals surface area contributed by atoms with Crippen molar-refractivity contribution in [3.8, 4) is 0 Å². The minimum Gasteiger partial charge on any atom is -0.481 e. The molecular formula is C16H26N2O3. The molecule has 21 heavy (non-hydrogen) atoms. The van der Waals surface area contributed by atoms with Gasteiger partial charge >= 0.3 is 12.0 Å². The zero-order chi connectivity index (χ0) is 14.8. The van der Waals surface area contributed by atoms with Crippen LogP contribution in [0.5, 0.6) is 0 Å². The quantitative estimate of drug-likeness (QED) is 0.822. The number of hydrogen-bond donors (Lipinski definition) is 2. The summed E-state index contributed by atoms with van der Waals surface area (Å²) in [6, 6.07) is 0.509. The first-order chi connectivity index (χ1) is 10.1. The summed E-state index contributed by atoms with van der Waals surface area (Å²) in [5.41, 5.74) is 0. The molecule has 0 bridgehead atoms. The van der Waals surface area contributed by atoms with Gasteiger partial charge in [0.05, 0.1) is 5.92 Å². The van der Waals surface area contributed by atoms with Crippen molar-refractivity contribution in [1.82, 2.24) is 10.2 Å². The third kappa shape index (κ3) is 3.16. The first-order valence-corrected chi connectivity index (χ1v) is 8.45. The van der Waals surface area contributed by atoms with Crippen molar-refractivity contribution in [3.05, 3.63) is 0 Å². The highest BCUT2D eigenvalue weighted by molar-refractivity contribution is 5.75. The number of carbonyl (C=O) groups excluding carboxylic acids is 1. The number of carboxylic acids is 1. The minimum absolute atomic E-state index is 0.0440. The summed E-state index contributed by atoms with van der Waals surface area (Å²) in [6.45, 7) is 0.863. The number of hydrogen-bond acceptors (Lipinski definition) is 2. The van der Waals surface area contributed by atoms with Crippen molar-refractivity contribution >= 4 is 12.0 Å². The van der Waals surface area contributed by atoms with Crippen molar-refractivity contribution in [1.29, 1.82) is 0 Å². The van der Waals surface area contributed by atoms with Crippen LogP contribution in [0.3, 0.4) is 0 Å². The van der Waals surface area contributed by atoms with Crippen LogP contribution in [0, 0.1) is 11.8 Å². The highest BCUT2D eigenvalue weighted by Crippen LogP contribution is 2.35. The van der Waals surface area contributed by atoms with Gasteiger partial charge in [0.2, 0.25) is 0 Å². The number of nitrogens with one attached hydrogen (secondary N) is 1. The third-order valence-electron chi connectivity index (χ3n) is 5.61. The lowest BCUT2D eigenvalue weighted by molar-refractivity contribution is -0.141. The molecule has 118 valence electrons. The lowest BCUT2D eigenvalue weighted by Gasteiger charge is -2.44. The molecule has 1 saturated heterocycles. The first kappa shape index (κ1) is 14.7. The number of carbonyl (C=O) groups is 2. The van der Waals surface area contributed by atoms with Gasteiger partial charge in [0.1, 0.15) is 0 Å². The summed E-state index contributed by atoms with van der Waals surface area (Å²) in [6.07, 6.45) is 9.38. The molecule has 0 aromatic heterocycles. The van der Waals surface area contributed by atoms with E-state index in [0.717, 1.165) is 25.8 Å². The van der Waals surface area contributed by atoms with Gasteiger partial charge in [0.25, 0.3) is 0 Å². The first-order valence-electron chi connectivity index (χ1n) is 8.45. The number of carboxylic acid groups (broad SMARTS) is 1. The number of fused-ring (bicyclic) bond motifs is 1. The van der Waals surface area contributed by atoms with Crippen molar-refractivity contribution in [2.75, 3.05) is 6.54 Å². The standard InChI is InChI=1S/C16H26N2O3/c19-15(20)12-7-8-13(10-12)17-16(21)18-9-3-5-11-4-1-2-6-14(11)18/h11-14H,1-10H2,(H,17,21)(H,19,20)/t11?,12-,13+,14?/m1/s1. The van der Waals surface area contributed by atoms with E-state index in [1.54, 1.807) is 0 Å². The third-order valence-corrected chi connectivity index (χ3v) is 5.61. The maximum atomic E-state index is 12.6. The van der Waals surface area contributed by atoms with E-state index in [1.807, 2.05) is 4.90 Å². The lowest BCUT2D eigenvalue weighted by Crippen LogP contribution is -2.54. The predicted octanol–water partition coefficient (Wildman–Crippen LogP) is 2.60. The molecule has 2 N–H and O–H groups in total. The van der Waals surface area contributed by atoms with Crippen LogP contribution in [0.1, 0.15) is 57.8 Å². The Bertz CT molecular complexity index is 410. The molecule has 5 heteroatoms. The van der Waals surface area contributed by atoms with Gasteiger partial charge in [0, 0.05) is 18.6 Å². The van der Waals surface area contributed by atoms with E-state index in [0.29, 0.717) is 24.8 Å². The Labute approximate surface area is 126 Å². The molecule has 5 nitrogen and oxygen atoms in total. The largest absolute Gasteiger partial charge is 0.481 e. The Morgan fingerprint density at radius 2 is 1.76 bits per heavy atom. The predicted molar refractivity (Wildman–Crippen MR) is 79.0 cm³/mol. The number of aliphatic carboxylic acids is 1. The number of rotatable bonds is 2. The molecular weight excluding hydrogens is 268 g/mol. The zero-order valence-electron chi connectivity index (χ0n) is 12.6.